The first-order valence-corrected chi connectivity index (χ1v) is 11.9. The fraction of sp³-hybridized carbons (Fsp3) is 0. The average molecular weight is 454 g/mol. The van der Waals surface area contributed by atoms with Crippen molar-refractivity contribution in [3.8, 4) is 23.1 Å². The molecular formula is C27H21N2O3S+. The number of hydrogen-bond acceptors (Lipinski definition) is 3. The highest BCUT2D eigenvalue weighted by molar-refractivity contribution is 7.91. The molecule has 5 rings (SSSR count). The molecule has 5 aromatic rings. The molecule has 1 aromatic heterocycles. The zero-order chi connectivity index (χ0) is 22.7. The van der Waals surface area contributed by atoms with Crippen LogP contribution >= 0.6 is 0 Å². The van der Waals surface area contributed by atoms with Crippen LogP contribution in [0.3, 0.4) is 0 Å². The van der Waals surface area contributed by atoms with Gasteiger partial charge in [0, 0.05) is 0 Å². The summed E-state index contributed by atoms with van der Waals surface area (Å²) in [6.45, 7) is 0. The van der Waals surface area contributed by atoms with E-state index < -0.39 is 9.84 Å². The number of rotatable bonds is 6. The predicted molar refractivity (Wildman–Crippen MR) is 126 cm³/mol. The lowest BCUT2D eigenvalue weighted by molar-refractivity contribution is -0.601. The van der Waals surface area contributed by atoms with Gasteiger partial charge < -0.3 is 4.74 Å². The van der Waals surface area contributed by atoms with Crippen LogP contribution in [0, 0.1) is 0 Å². The van der Waals surface area contributed by atoms with Crippen molar-refractivity contribution < 1.29 is 17.7 Å². The van der Waals surface area contributed by atoms with Gasteiger partial charge >= 0.3 is 6.01 Å². The molecule has 0 atom stereocenters. The third-order valence-electron chi connectivity index (χ3n) is 5.24. The van der Waals surface area contributed by atoms with Crippen molar-refractivity contribution in [2.75, 3.05) is 0 Å². The van der Waals surface area contributed by atoms with Gasteiger partial charge in [-0.3, -0.25) is 0 Å². The molecule has 1 heterocycles. The number of para-hydroxylation sites is 2. The van der Waals surface area contributed by atoms with Crippen LogP contribution in [0.1, 0.15) is 0 Å². The Morgan fingerprint density at radius 3 is 1.82 bits per heavy atom. The molecule has 0 N–H and O–H groups in total. The lowest BCUT2D eigenvalue weighted by Gasteiger charge is -2.08. The van der Waals surface area contributed by atoms with Crippen LogP contribution in [0.4, 0.5) is 0 Å². The van der Waals surface area contributed by atoms with Crippen molar-refractivity contribution in [1.82, 2.24) is 4.57 Å². The highest BCUT2D eigenvalue weighted by Gasteiger charge is 2.24. The van der Waals surface area contributed by atoms with Gasteiger partial charge in [0.15, 0.2) is 0 Å². The minimum absolute atomic E-state index is 0.218. The largest absolute Gasteiger partial charge is 0.472 e. The number of ether oxygens (including phenoxy) is 1. The average Bonchev–Trinajstić information content (AvgIpc) is 3.29. The van der Waals surface area contributed by atoms with Gasteiger partial charge in [0.25, 0.3) is 0 Å². The van der Waals surface area contributed by atoms with E-state index in [4.69, 9.17) is 4.74 Å². The number of benzene rings is 4. The van der Waals surface area contributed by atoms with Gasteiger partial charge in [-0.15, -0.1) is 0 Å². The minimum Gasteiger partial charge on any atom is -0.391 e. The van der Waals surface area contributed by atoms with Gasteiger partial charge in [-0.2, -0.15) is 9.13 Å². The smallest absolute Gasteiger partial charge is 0.391 e. The van der Waals surface area contributed by atoms with Crippen LogP contribution < -0.4 is 9.30 Å². The second-order valence-corrected chi connectivity index (χ2v) is 9.33. The van der Waals surface area contributed by atoms with Crippen LogP contribution in [-0.4, -0.2) is 13.0 Å². The maximum absolute atomic E-state index is 12.9. The molecule has 4 aromatic carbocycles. The molecule has 0 unspecified atom stereocenters. The Morgan fingerprint density at radius 2 is 1.18 bits per heavy atom. The molecule has 0 fully saturated rings. The Labute approximate surface area is 192 Å². The first-order valence-electron chi connectivity index (χ1n) is 10.4. The molecule has 0 saturated carbocycles. The minimum atomic E-state index is -3.59. The third kappa shape index (κ3) is 4.16. The van der Waals surface area contributed by atoms with Crippen molar-refractivity contribution >= 4 is 9.84 Å². The standard InChI is InChI=1S/C27H21N2O3S/c30-33(31,25-14-8-3-9-15-25)26-18-16-24(17-19-26)32-27-28(22-10-4-1-5-11-22)20-21-29(27)23-12-6-2-7-13-23/h1-21H/q+1. The van der Waals surface area contributed by atoms with Gasteiger partial charge in [-0.05, 0) is 60.7 Å². The fourth-order valence-electron chi connectivity index (χ4n) is 3.57. The summed E-state index contributed by atoms with van der Waals surface area (Å²) in [4.78, 5) is 0.481. The predicted octanol–water partition coefficient (Wildman–Crippen LogP) is 5.38. The maximum Gasteiger partial charge on any atom is 0.472 e. The SMILES string of the molecule is O=S(=O)(c1ccccc1)c1ccc(Oc2n(-c3ccccc3)cc[n+]2-c2ccccc2)cc1. The molecule has 0 aliphatic rings. The molecule has 0 aliphatic heterocycles. The second kappa shape index (κ2) is 8.76. The van der Waals surface area contributed by atoms with Crippen LogP contribution in [0.25, 0.3) is 11.4 Å². The zero-order valence-electron chi connectivity index (χ0n) is 17.7. The summed E-state index contributed by atoms with van der Waals surface area (Å²) in [5.74, 6) is 0.530. The van der Waals surface area contributed by atoms with E-state index in [9.17, 15) is 8.42 Å². The van der Waals surface area contributed by atoms with E-state index in [0.717, 1.165) is 11.4 Å². The van der Waals surface area contributed by atoms with Gasteiger partial charge in [0.05, 0.1) is 9.79 Å². The number of imidazole rings is 1. The van der Waals surface area contributed by atoms with E-state index in [-0.39, 0.29) is 9.79 Å². The number of hydrogen-bond donors (Lipinski definition) is 0. The lowest BCUT2D eigenvalue weighted by atomic mass is 10.3. The van der Waals surface area contributed by atoms with E-state index in [0.29, 0.717) is 11.8 Å². The van der Waals surface area contributed by atoms with Crippen molar-refractivity contribution in [2.24, 2.45) is 0 Å². The normalized spacial score (nSPS) is 11.3. The first-order chi connectivity index (χ1) is 16.1. The number of sulfone groups is 1. The second-order valence-electron chi connectivity index (χ2n) is 7.38. The van der Waals surface area contributed by atoms with Crippen LogP contribution in [-0.2, 0) is 9.84 Å². The van der Waals surface area contributed by atoms with E-state index in [1.54, 1.807) is 54.6 Å². The lowest BCUT2D eigenvalue weighted by Crippen LogP contribution is -2.30. The van der Waals surface area contributed by atoms with Gasteiger partial charge in [-0.1, -0.05) is 54.6 Å². The van der Waals surface area contributed by atoms with Crippen LogP contribution in [0.15, 0.2) is 137 Å². The van der Waals surface area contributed by atoms with Crippen molar-refractivity contribution in [2.45, 2.75) is 9.79 Å². The van der Waals surface area contributed by atoms with Crippen molar-refractivity contribution in [3.05, 3.63) is 128 Å². The van der Waals surface area contributed by atoms with E-state index in [1.165, 1.54) is 0 Å². The summed E-state index contributed by atoms with van der Waals surface area (Å²) in [5, 5.41) is 0. The van der Waals surface area contributed by atoms with E-state index in [2.05, 4.69) is 0 Å². The Morgan fingerprint density at radius 1 is 0.636 bits per heavy atom. The number of aromatic nitrogens is 2. The first kappa shape index (κ1) is 20.7. The molecule has 0 aliphatic carbocycles. The summed E-state index contributed by atoms with van der Waals surface area (Å²) in [6.07, 6.45) is 3.87. The van der Waals surface area contributed by atoms with Gasteiger partial charge in [-0.25, -0.2) is 8.42 Å². The molecule has 0 radical (unpaired) electrons. The molecule has 0 amide bonds. The van der Waals surface area contributed by atoms with Gasteiger partial charge in [0.2, 0.25) is 9.84 Å². The maximum atomic E-state index is 12.9. The highest BCUT2D eigenvalue weighted by Crippen LogP contribution is 2.27. The third-order valence-corrected chi connectivity index (χ3v) is 7.03. The molecule has 0 spiro atoms. The molecule has 162 valence electrons. The Hall–Kier alpha value is -4.16. The zero-order valence-corrected chi connectivity index (χ0v) is 18.5. The Balaban J connectivity index is 1.52. The van der Waals surface area contributed by atoms with Gasteiger partial charge in [0.1, 0.15) is 29.5 Å². The summed E-state index contributed by atoms with van der Waals surface area (Å²) < 4.78 is 36.0. The summed E-state index contributed by atoms with van der Waals surface area (Å²) >= 11 is 0. The molecule has 6 heteroatoms. The molecule has 0 saturated heterocycles. The van der Waals surface area contributed by atoms with E-state index in [1.807, 2.05) is 82.2 Å². The van der Waals surface area contributed by atoms with Crippen molar-refractivity contribution in [3.63, 3.8) is 0 Å². The van der Waals surface area contributed by atoms with Crippen LogP contribution in [0.2, 0.25) is 0 Å². The fourth-order valence-corrected chi connectivity index (χ4v) is 4.86. The monoisotopic (exact) mass is 453 g/mol. The van der Waals surface area contributed by atoms with Crippen molar-refractivity contribution in [1.29, 1.82) is 0 Å². The highest BCUT2D eigenvalue weighted by atomic mass is 32.2. The summed E-state index contributed by atoms with van der Waals surface area (Å²) in [6, 6.07) is 35.3. The Bertz CT molecular complexity index is 1410. The molecular weight excluding hydrogens is 432 g/mol. The Kier molecular flexibility index (Phi) is 5.50. The topological polar surface area (TPSA) is 52.2 Å². The summed E-state index contributed by atoms with van der Waals surface area (Å²) in [5.41, 5.74) is 1.90. The molecule has 5 nitrogen and oxygen atoms in total. The molecule has 33 heavy (non-hydrogen) atoms. The van der Waals surface area contributed by atoms with E-state index >= 15 is 0 Å². The molecule has 0 bridgehead atoms. The number of nitrogens with zero attached hydrogens (tertiary/aromatic N) is 2. The summed E-state index contributed by atoms with van der Waals surface area (Å²) in [7, 11) is -3.59. The quantitative estimate of drug-likeness (QED) is 0.325. The van der Waals surface area contributed by atoms with Crippen LogP contribution in [0.5, 0.6) is 11.8 Å².